The SMILES string of the molecule is Cc1c(NC(=O)CNc2cccc(OC(C)C)c2)cccc1NC(=O)C1CC1. The van der Waals surface area contributed by atoms with E-state index in [9.17, 15) is 9.59 Å². The van der Waals surface area contributed by atoms with E-state index in [0.717, 1.165) is 35.5 Å². The van der Waals surface area contributed by atoms with Crippen molar-refractivity contribution in [2.45, 2.75) is 39.7 Å². The third-order valence-electron chi connectivity index (χ3n) is 4.47. The summed E-state index contributed by atoms with van der Waals surface area (Å²) in [7, 11) is 0. The fraction of sp³-hybridized carbons (Fsp3) is 0.364. The number of carbonyl (C=O) groups is 2. The second kappa shape index (κ2) is 8.78. The van der Waals surface area contributed by atoms with Crippen molar-refractivity contribution in [2.24, 2.45) is 5.92 Å². The molecule has 0 aliphatic heterocycles. The van der Waals surface area contributed by atoms with Crippen molar-refractivity contribution in [1.29, 1.82) is 0 Å². The molecule has 2 aromatic rings. The average Bonchev–Trinajstić information content (AvgIpc) is 3.48. The number of carbonyl (C=O) groups excluding carboxylic acids is 2. The summed E-state index contributed by atoms with van der Waals surface area (Å²) in [6, 6.07) is 13.0. The normalized spacial score (nSPS) is 13.1. The fourth-order valence-corrected chi connectivity index (χ4v) is 2.82. The van der Waals surface area contributed by atoms with Crippen LogP contribution in [0.1, 0.15) is 32.3 Å². The topological polar surface area (TPSA) is 79.5 Å². The molecule has 2 aromatic carbocycles. The van der Waals surface area contributed by atoms with Crippen LogP contribution in [0.5, 0.6) is 5.75 Å². The molecule has 0 bridgehead atoms. The van der Waals surface area contributed by atoms with Crippen LogP contribution < -0.4 is 20.7 Å². The van der Waals surface area contributed by atoms with Crippen LogP contribution in [0.25, 0.3) is 0 Å². The van der Waals surface area contributed by atoms with Gasteiger partial charge < -0.3 is 20.7 Å². The third kappa shape index (κ3) is 5.49. The van der Waals surface area contributed by atoms with Crippen molar-refractivity contribution >= 4 is 28.9 Å². The Morgan fingerprint density at radius 3 is 2.43 bits per heavy atom. The highest BCUT2D eigenvalue weighted by atomic mass is 16.5. The van der Waals surface area contributed by atoms with Gasteiger partial charge >= 0.3 is 0 Å². The molecule has 3 N–H and O–H groups in total. The number of hydrogen-bond acceptors (Lipinski definition) is 4. The molecule has 0 aromatic heterocycles. The maximum Gasteiger partial charge on any atom is 0.243 e. The first-order valence-electron chi connectivity index (χ1n) is 9.63. The summed E-state index contributed by atoms with van der Waals surface area (Å²) in [5, 5.41) is 8.95. The van der Waals surface area contributed by atoms with E-state index >= 15 is 0 Å². The second-order valence-corrected chi connectivity index (χ2v) is 7.34. The lowest BCUT2D eigenvalue weighted by atomic mass is 10.1. The minimum atomic E-state index is -0.163. The zero-order chi connectivity index (χ0) is 20.1. The van der Waals surface area contributed by atoms with Crippen molar-refractivity contribution < 1.29 is 14.3 Å². The quantitative estimate of drug-likeness (QED) is 0.641. The molecule has 148 valence electrons. The Balaban J connectivity index is 1.57. The smallest absolute Gasteiger partial charge is 0.243 e. The van der Waals surface area contributed by atoms with Gasteiger partial charge in [0.15, 0.2) is 0 Å². The minimum Gasteiger partial charge on any atom is -0.491 e. The molecular formula is C22H27N3O3. The van der Waals surface area contributed by atoms with Gasteiger partial charge in [0.25, 0.3) is 0 Å². The Labute approximate surface area is 165 Å². The predicted molar refractivity (Wildman–Crippen MR) is 112 cm³/mol. The first kappa shape index (κ1) is 19.7. The molecule has 28 heavy (non-hydrogen) atoms. The fourth-order valence-electron chi connectivity index (χ4n) is 2.82. The zero-order valence-corrected chi connectivity index (χ0v) is 16.5. The maximum absolute atomic E-state index is 12.4. The van der Waals surface area contributed by atoms with Crippen LogP contribution in [0.3, 0.4) is 0 Å². The van der Waals surface area contributed by atoms with Gasteiger partial charge in [0, 0.05) is 29.0 Å². The molecule has 1 aliphatic rings. The Bertz CT molecular complexity index is 860. The lowest BCUT2D eigenvalue weighted by Gasteiger charge is -2.14. The van der Waals surface area contributed by atoms with Crippen LogP contribution in [0.15, 0.2) is 42.5 Å². The summed E-state index contributed by atoms with van der Waals surface area (Å²) in [5.41, 5.74) is 3.09. The molecule has 1 saturated carbocycles. The molecule has 2 amide bonds. The van der Waals surface area contributed by atoms with Crippen molar-refractivity contribution in [1.82, 2.24) is 0 Å². The number of benzene rings is 2. The Hall–Kier alpha value is -3.02. The van der Waals surface area contributed by atoms with E-state index in [-0.39, 0.29) is 30.4 Å². The van der Waals surface area contributed by atoms with Gasteiger partial charge in [-0.2, -0.15) is 0 Å². The van der Waals surface area contributed by atoms with Gasteiger partial charge in [-0.3, -0.25) is 9.59 Å². The van der Waals surface area contributed by atoms with Crippen molar-refractivity contribution in [3.63, 3.8) is 0 Å². The summed E-state index contributed by atoms with van der Waals surface area (Å²) < 4.78 is 5.66. The van der Waals surface area contributed by atoms with Gasteiger partial charge in [-0.1, -0.05) is 12.1 Å². The number of hydrogen-bond donors (Lipinski definition) is 3. The number of anilines is 3. The van der Waals surface area contributed by atoms with Gasteiger partial charge in [-0.25, -0.2) is 0 Å². The van der Waals surface area contributed by atoms with Crippen LogP contribution in [0.2, 0.25) is 0 Å². The lowest BCUT2D eigenvalue weighted by Crippen LogP contribution is -2.22. The van der Waals surface area contributed by atoms with Gasteiger partial charge in [-0.05, 0) is 63.4 Å². The summed E-state index contributed by atoms with van der Waals surface area (Å²) in [6.07, 6.45) is 2.00. The van der Waals surface area contributed by atoms with E-state index in [1.165, 1.54) is 0 Å². The molecule has 0 unspecified atom stereocenters. The summed E-state index contributed by atoms with van der Waals surface area (Å²) in [5.74, 6) is 0.785. The van der Waals surface area contributed by atoms with Gasteiger partial charge in [-0.15, -0.1) is 0 Å². The zero-order valence-electron chi connectivity index (χ0n) is 16.5. The number of ether oxygens (including phenoxy) is 1. The van der Waals surface area contributed by atoms with Crippen LogP contribution in [0.4, 0.5) is 17.1 Å². The molecule has 0 spiro atoms. The third-order valence-corrected chi connectivity index (χ3v) is 4.47. The molecule has 3 rings (SSSR count). The van der Waals surface area contributed by atoms with E-state index in [1.54, 1.807) is 0 Å². The highest BCUT2D eigenvalue weighted by Gasteiger charge is 2.29. The van der Waals surface area contributed by atoms with Crippen molar-refractivity contribution in [3.8, 4) is 5.75 Å². The minimum absolute atomic E-state index is 0.0525. The Kier molecular flexibility index (Phi) is 6.19. The maximum atomic E-state index is 12.4. The number of amides is 2. The first-order valence-corrected chi connectivity index (χ1v) is 9.63. The Morgan fingerprint density at radius 2 is 1.75 bits per heavy atom. The highest BCUT2D eigenvalue weighted by molar-refractivity contribution is 5.98. The molecule has 0 saturated heterocycles. The highest BCUT2D eigenvalue weighted by Crippen LogP contribution is 2.31. The monoisotopic (exact) mass is 381 g/mol. The molecule has 6 heteroatoms. The second-order valence-electron chi connectivity index (χ2n) is 7.34. The van der Waals surface area contributed by atoms with Crippen molar-refractivity contribution in [2.75, 3.05) is 22.5 Å². The van der Waals surface area contributed by atoms with Gasteiger partial charge in [0.1, 0.15) is 5.75 Å². The van der Waals surface area contributed by atoms with Crippen molar-refractivity contribution in [3.05, 3.63) is 48.0 Å². The standard InChI is InChI=1S/C22H27N3O3/c1-14(2)28-18-7-4-6-17(12-18)23-13-21(26)24-19-8-5-9-20(15(19)3)25-22(27)16-10-11-16/h4-9,12,14,16,23H,10-11,13H2,1-3H3,(H,24,26)(H,25,27). The van der Waals surface area contributed by atoms with E-state index in [1.807, 2.05) is 63.2 Å². The summed E-state index contributed by atoms with van der Waals surface area (Å²) in [6.45, 7) is 5.95. The van der Waals surface area contributed by atoms with E-state index in [2.05, 4.69) is 16.0 Å². The molecule has 0 heterocycles. The van der Waals surface area contributed by atoms with E-state index in [4.69, 9.17) is 4.74 Å². The molecule has 0 atom stereocenters. The predicted octanol–water partition coefficient (Wildman–Crippen LogP) is 4.18. The van der Waals surface area contributed by atoms with Crippen LogP contribution >= 0.6 is 0 Å². The average molecular weight is 381 g/mol. The lowest BCUT2D eigenvalue weighted by molar-refractivity contribution is -0.117. The van der Waals surface area contributed by atoms with E-state index in [0.29, 0.717) is 5.69 Å². The van der Waals surface area contributed by atoms with Crippen LogP contribution in [-0.2, 0) is 9.59 Å². The summed E-state index contributed by atoms with van der Waals surface area (Å²) >= 11 is 0. The molecule has 1 fully saturated rings. The van der Waals surface area contributed by atoms with Gasteiger partial charge in [0.2, 0.25) is 11.8 Å². The van der Waals surface area contributed by atoms with Crippen LogP contribution in [-0.4, -0.2) is 24.5 Å². The summed E-state index contributed by atoms with van der Waals surface area (Å²) in [4.78, 5) is 24.4. The first-order chi connectivity index (χ1) is 13.4. The van der Waals surface area contributed by atoms with Crippen LogP contribution in [0, 0.1) is 12.8 Å². The molecular weight excluding hydrogens is 354 g/mol. The number of nitrogens with one attached hydrogen (secondary N) is 3. The molecule has 0 radical (unpaired) electrons. The largest absolute Gasteiger partial charge is 0.491 e. The van der Waals surface area contributed by atoms with E-state index < -0.39 is 0 Å². The molecule has 1 aliphatic carbocycles. The molecule has 6 nitrogen and oxygen atoms in total. The number of rotatable bonds is 8. The Morgan fingerprint density at radius 1 is 1.07 bits per heavy atom. The van der Waals surface area contributed by atoms with Gasteiger partial charge in [0.05, 0.1) is 12.6 Å².